The Morgan fingerprint density at radius 2 is 1.68 bits per heavy atom. The zero-order valence-corrected chi connectivity index (χ0v) is 10.5. The maximum absolute atomic E-state index is 10.3. The Balaban J connectivity index is 0.000000250. The molecule has 1 N–H and O–H groups in total. The number of carbonyl (C=O) groups is 1. The van der Waals surface area contributed by atoms with Gasteiger partial charge in [0.05, 0.1) is 0 Å². The number of hydrogen-bond donors (Lipinski definition) is 1. The van der Waals surface area contributed by atoms with Crippen molar-refractivity contribution >= 4 is 6.09 Å². The van der Waals surface area contributed by atoms with Crippen LogP contribution in [0, 0.1) is 0 Å². The standard InChI is InChI=1S/C9H11NO3.C4H4N2/c1-10(9(11)12)13-7-8-5-3-2-4-6-8;1-2-6-4-3-5-1/h2-6H,7H2,1H3,(H,11,12);1-4H. The molecule has 19 heavy (non-hydrogen) atoms. The van der Waals surface area contributed by atoms with E-state index in [0.29, 0.717) is 0 Å². The Morgan fingerprint density at radius 1 is 1.16 bits per heavy atom. The molecule has 2 aromatic rings. The van der Waals surface area contributed by atoms with Gasteiger partial charge in [-0.05, 0) is 5.56 Å². The minimum Gasteiger partial charge on any atom is -0.463 e. The summed E-state index contributed by atoms with van der Waals surface area (Å²) in [5.41, 5.74) is 0.940. The van der Waals surface area contributed by atoms with Crippen molar-refractivity contribution in [2.75, 3.05) is 7.05 Å². The highest BCUT2D eigenvalue weighted by atomic mass is 16.7. The second-order valence-corrected chi connectivity index (χ2v) is 3.43. The van der Waals surface area contributed by atoms with E-state index in [0.717, 1.165) is 10.6 Å². The average Bonchev–Trinajstić information content (AvgIpc) is 2.48. The average molecular weight is 261 g/mol. The van der Waals surface area contributed by atoms with Gasteiger partial charge in [-0.1, -0.05) is 30.3 Å². The molecule has 1 aromatic heterocycles. The monoisotopic (exact) mass is 261 g/mol. The van der Waals surface area contributed by atoms with Gasteiger partial charge in [0.15, 0.2) is 0 Å². The van der Waals surface area contributed by atoms with E-state index >= 15 is 0 Å². The topological polar surface area (TPSA) is 75.5 Å². The quantitative estimate of drug-likeness (QED) is 0.857. The molecule has 0 aliphatic rings. The highest BCUT2D eigenvalue weighted by molar-refractivity contribution is 5.62. The van der Waals surface area contributed by atoms with E-state index in [1.165, 1.54) is 7.05 Å². The smallest absolute Gasteiger partial charge is 0.431 e. The highest BCUT2D eigenvalue weighted by Crippen LogP contribution is 2.01. The van der Waals surface area contributed by atoms with Crippen LogP contribution in [0.15, 0.2) is 55.1 Å². The van der Waals surface area contributed by atoms with Crippen molar-refractivity contribution < 1.29 is 14.7 Å². The molecule has 0 atom stereocenters. The summed E-state index contributed by atoms with van der Waals surface area (Å²) in [6, 6.07) is 9.38. The fraction of sp³-hybridized carbons (Fsp3) is 0.154. The van der Waals surface area contributed by atoms with Crippen molar-refractivity contribution in [3.05, 3.63) is 60.7 Å². The summed E-state index contributed by atoms with van der Waals surface area (Å²) < 4.78 is 0. The van der Waals surface area contributed by atoms with Gasteiger partial charge in [0.25, 0.3) is 0 Å². The lowest BCUT2D eigenvalue weighted by molar-refractivity contribution is -0.123. The second-order valence-electron chi connectivity index (χ2n) is 3.43. The molecular weight excluding hydrogens is 246 g/mol. The molecule has 1 heterocycles. The molecule has 6 heteroatoms. The number of hydrogen-bond acceptors (Lipinski definition) is 4. The van der Waals surface area contributed by atoms with Gasteiger partial charge in [0.2, 0.25) is 0 Å². The van der Waals surface area contributed by atoms with E-state index in [1.807, 2.05) is 30.3 Å². The maximum Gasteiger partial charge on any atom is 0.431 e. The zero-order chi connectivity index (χ0) is 13.9. The van der Waals surface area contributed by atoms with E-state index in [4.69, 9.17) is 9.94 Å². The van der Waals surface area contributed by atoms with Crippen LogP contribution in [0.2, 0.25) is 0 Å². The van der Waals surface area contributed by atoms with Gasteiger partial charge < -0.3 is 5.11 Å². The van der Waals surface area contributed by atoms with Crippen LogP contribution in [0.4, 0.5) is 4.79 Å². The van der Waals surface area contributed by atoms with Gasteiger partial charge in [0, 0.05) is 31.8 Å². The highest BCUT2D eigenvalue weighted by Gasteiger charge is 2.04. The Hall–Kier alpha value is -2.47. The number of nitrogens with zero attached hydrogens (tertiary/aromatic N) is 3. The molecule has 0 radical (unpaired) electrons. The van der Waals surface area contributed by atoms with E-state index in [9.17, 15) is 4.79 Å². The lowest BCUT2D eigenvalue weighted by atomic mass is 10.2. The largest absolute Gasteiger partial charge is 0.463 e. The van der Waals surface area contributed by atoms with Crippen LogP contribution in [-0.4, -0.2) is 33.3 Å². The zero-order valence-electron chi connectivity index (χ0n) is 10.5. The molecule has 0 spiro atoms. The van der Waals surface area contributed by atoms with Gasteiger partial charge in [0.1, 0.15) is 6.61 Å². The molecule has 6 nitrogen and oxygen atoms in total. The van der Waals surface area contributed by atoms with E-state index in [1.54, 1.807) is 24.8 Å². The van der Waals surface area contributed by atoms with Crippen LogP contribution < -0.4 is 0 Å². The molecule has 0 saturated heterocycles. The summed E-state index contributed by atoms with van der Waals surface area (Å²) in [5.74, 6) is 0. The predicted octanol–water partition coefficient (Wildman–Crippen LogP) is 2.20. The molecule has 100 valence electrons. The van der Waals surface area contributed by atoms with Crippen LogP contribution in [0.5, 0.6) is 0 Å². The van der Waals surface area contributed by atoms with Crippen molar-refractivity contribution in [3.63, 3.8) is 0 Å². The third-order valence-electron chi connectivity index (χ3n) is 2.01. The molecule has 2 rings (SSSR count). The first-order valence-corrected chi connectivity index (χ1v) is 5.53. The van der Waals surface area contributed by atoms with E-state index < -0.39 is 6.09 Å². The summed E-state index contributed by atoms with van der Waals surface area (Å²) in [6.45, 7) is 0.267. The first kappa shape index (κ1) is 14.6. The fourth-order valence-electron chi connectivity index (χ4n) is 1.05. The molecule has 0 fully saturated rings. The lowest BCUT2D eigenvalue weighted by Crippen LogP contribution is -2.24. The van der Waals surface area contributed by atoms with Crippen molar-refractivity contribution in [1.82, 2.24) is 15.0 Å². The van der Waals surface area contributed by atoms with Crippen LogP contribution >= 0.6 is 0 Å². The van der Waals surface area contributed by atoms with E-state index in [-0.39, 0.29) is 6.61 Å². The second kappa shape index (κ2) is 8.60. The molecule has 0 aliphatic carbocycles. The van der Waals surface area contributed by atoms with Gasteiger partial charge >= 0.3 is 6.09 Å². The third-order valence-corrected chi connectivity index (χ3v) is 2.01. The van der Waals surface area contributed by atoms with Gasteiger partial charge in [-0.15, -0.1) is 0 Å². The Bertz CT molecular complexity index is 438. The Kier molecular flexibility index (Phi) is 6.60. The molecule has 0 saturated carbocycles. The van der Waals surface area contributed by atoms with Crippen molar-refractivity contribution in [3.8, 4) is 0 Å². The normalized spacial score (nSPS) is 9.11. The Morgan fingerprint density at radius 3 is 2.11 bits per heavy atom. The number of amides is 1. The predicted molar refractivity (Wildman–Crippen MR) is 69.1 cm³/mol. The van der Waals surface area contributed by atoms with Crippen LogP contribution in [0.1, 0.15) is 5.56 Å². The molecule has 0 unspecified atom stereocenters. The summed E-state index contributed by atoms with van der Waals surface area (Å²) in [7, 11) is 1.35. The van der Waals surface area contributed by atoms with Crippen LogP contribution in [-0.2, 0) is 11.4 Å². The van der Waals surface area contributed by atoms with Gasteiger partial charge in [-0.3, -0.25) is 14.8 Å². The molecule has 1 aromatic carbocycles. The first-order chi connectivity index (χ1) is 9.20. The third kappa shape index (κ3) is 6.75. The van der Waals surface area contributed by atoms with Crippen LogP contribution in [0.25, 0.3) is 0 Å². The number of benzene rings is 1. The molecular formula is C13H15N3O3. The summed E-state index contributed by atoms with van der Waals surface area (Å²) >= 11 is 0. The number of rotatable bonds is 3. The fourth-order valence-corrected chi connectivity index (χ4v) is 1.05. The number of aromatic nitrogens is 2. The molecule has 0 bridgehead atoms. The lowest BCUT2D eigenvalue weighted by Gasteiger charge is -2.12. The van der Waals surface area contributed by atoms with Gasteiger partial charge in [-0.25, -0.2) is 4.79 Å². The molecule has 0 aliphatic heterocycles. The van der Waals surface area contributed by atoms with Gasteiger partial charge in [-0.2, -0.15) is 5.06 Å². The maximum atomic E-state index is 10.3. The number of carboxylic acid groups (broad SMARTS) is 1. The van der Waals surface area contributed by atoms with Crippen molar-refractivity contribution in [1.29, 1.82) is 0 Å². The minimum absolute atomic E-state index is 0.267. The summed E-state index contributed by atoms with van der Waals surface area (Å²) in [4.78, 5) is 22.7. The first-order valence-electron chi connectivity index (χ1n) is 5.53. The molecule has 1 amide bonds. The minimum atomic E-state index is -1.10. The SMILES string of the molecule is CN(OCc1ccccc1)C(=O)O.c1cnccn1. The Labute approximate surface area is 111 Å². The van der Waals surface area contributed by atoms with Crippen LogP contribution in [0.3, 0.4) is 0 Å². The summed E-state index contributed by atoms with van der Waals surface area (Å²) in [5, 5.41) is 9.25. The summed E-state index contributed by atoms with van der Waals surface area (Å²) in [6.07, 6.45) is 5.45. The van der Waals surface area contributed by atoms with E-state index in [2.05, 4.69) is 9.97 Å². The number of hydroxylamine groups is 2. The van der Waals surface area contributed by atoms with Crippen molar-refractivity contribution in [2.24, 2.45) is 0 Å². The van der Waals surface area contributed by atoms with Crippen molar-refractivity contribution in [2.45, 2.75) is 6.61 Å².